The number of esters is 1. The summed E-state index contributed by atoms with van der Waals surface area (Å²) in [6, 6.07) is 6.50. The van der Waals surface area contributed by atoms with Crippen LogP contribution in [-0.2, 0) is 19.1 Å². The zero-order chi connectivity index (χ0) is 18.1. The molecule has 7 nitrogen and oxygen atoms in total. The molecule has 2 rings (SSSR count). The molecule has 25 heavy (non-hydrogen) atoms. The van der Waals surface area contributed by atoms with Crippen LogP contribution >= 0.6 is 11.6 Å². The fourth-order valence-corrected chi connectivity index (χ4v) is 2.30. The second-order valence-corrected chi connectivity index (χ2v) is 5.91. The average Bonchev–Trinajstić information content (AvgIpc) is 3.10. The number of nitrogens with one attached hydrogen (secondary N) is 2. The summed E-state index contributed by atoms with van der Waals surface area (Å²) in [5.41, 5.74) is 4.31. The highest BCUT2D eigenvalue weighted by Gasteiger charge is 2.16. The van der Waals surface area contributed by atoms with Gasteiger partial charge in [0, 0.05) is 5.02 Å². The number of benzene rings is 1. The van der Waals surface area contributed by atoms with Crippen molar-refractivity contribution in [2.45, 2.75) is 19.3 Å². The summed E-state index contributed by atoms with van der Waals surface area (Å²) < 4.78 is 10.1. The zero-order valence-electron chi connectivity index (χ0n) is 13.5. The molecular weight excluding hydrogens is 348 g/mol. The summed E-state index contributed by atoms with van der Waals surface area (Å²) in [6.07, 6.45) is 6.13. The molecule has 0 bridgehead atoms. The highest BCUT2D eigenvalue weighted by Crippen LogP contribution is 2.20. The Hall–Kier alpha value is -2.54. The number of rotatable bonds is 7. The Kier molecular flexibility index (Phi) is 7.28. The predicted molar refractivity (Wildman–Crippen MR) is 90.7 cm³/mol. The third kappa shape index (κ3) is 7.26. The van der Waals surface area contributed by atoms with Crippen molar-refractivity contribution in [1.29, 1.82) is 0 Å². The van der Waals surface area contributed by atoms with Crippen molar-refractivity contribution in [2.75, 3.05) is 13.2 Å². The van der Waals surface area contributed by atoms with E-state index in [-0.39, 0.29) is 18.9 Å². The molecule has 1 aliphatic rings. The van der Waals surface area contributed by atoms with E-state index in [2.05, 4.69) is 10.9 Å². The first-order valence-corrected chi connectivity index (χ1v) is 8.19. The van der Waals surface area contributed by atoms with E-state index in [1.807, 2.05) is 12.2 Å². The lowest BCUT2D eigenvalue weighted by molar-refractivity contribution is -0.149. The van der Waals surface area contributed by atoms with Crippen molar-refractivity contribution in [3.63, 3.8) is 0 Å². The van der Waals surface area contributed by atoms with Gasteiger partial charge in [-0.15, -0.1) is 0 Å². The Morgan fingerprint density at radius 3 is 2.40 bits per heavy atom. The molecular formula is C17H19ClN2O5. The van der Waals surface area contributed by atoms with E-state index in [1.54, 1.807) is 24.3 Å². The maximum atomic E-state index is 11.6. The molecule has 0 aliphatic heterocycles. The number of hydrazine groups is 1. The largest absolute Gasteiger partial charge is 0.484 e. The molecule has 1 aromatic rings. The van der Waals surface area contributed by atoms with Crippen molar-refractivity contribution in [3.8, 4) is 5.75 Å². The first-order chi connectivity index (χ1) is 12.0. The Balaban J connectivity index is 1.57. The molecule has 0 saturated carbocycles. The third-order valence-corrected chi connectivity index (χ3v) is 3.68. The molecule has 0 fully saturated rings. The van der Waals surface area contributed by atoms with Gasteiger partial charge in [-0.25, -0.2) is 0 Å². The van der Waals surface area contributed by atoms with Crippen molar-refractivity contribution in [3.05, 3.63) is 41.4 Å². The van der Waals surface area contributed by atoms with Gasteiger partial charge in [-0.3, -0.25) is 25.2 Å². The minimum absolute atomic E-state index is 0.181. The topological polar surface area (TPSA) is 93.7 Å². The molecule has 1 aromatic carbocycles. The second-order valence-electron chi connectivity index (χ2n) is 5.47. The molecule has 134 valence electrons. The second kappa shape index (κ2) is 9.68. The van der Waals surface area contributed by atoms with Crippen molar-refractivity contribution in [2.24, 2.45) is 5.92 Å². The van der Waals surface area contributed by atoms with Crippen LogP contribution in [0.1, 0.15) is 19.3 Å². The summed E-state index contributed by atoms with van der Waals surface area (Å²) in [5.74, 6) is -0.967. The number of hydrogen-bond donors (Lipinski definition) is 2. The number of hydrogen-bond acceptors (Lipinski definition) is 5. The van der Waals surface area contributed by atoms with E-state index in [9.17, 15) is 14.4 Å². The summed E-state index contributed by atoms with van der Waals surface area (Å²) in [4.78, 5) is 34.7. The van der Waals surface area contributed by atoms with Crippen LogP contribution in [0, 0.1) is 5.92 Å². The highest BCUT2D eigenvalue weighted by molar-refractivity contribution is 6.30. The molecule has 0 saturated heterocycles. The standard InChI is InChI=1S/C17H19ClN2O5/c18-13-5-7-14(8-6-13)24-10-15(21)19-20-16(22)11-25-17(23)9-12-3-1-2-4-12/h1,3,5-8,12H,2,4,9-11H2,(H,19,21)(H,20,22)/t12-/m0/s1. The van der Waals surface area contributed by atoms with Gasteiger partial charge in [-0.1, -0.05) is 23.8 Å². The van der Waals surface area contributed by atoms with Crippen LogP contribution in [0.2, 0.25) is 5.02 Å². The quantitative estimate of drug-likeness (QED) is 0.435. The van der Waals surface area contributed by atoms with E-state index >= 15 is 0 Å². The van der Waals surface area contributed by atoms with Gasteiger partial charge in [-0.2, -0.15) is 0 Å². The van der Waals surface area contributed by atoms with E-state index in [4.69, 9.17) is 21.1 Å². The van der Waals surface area contributed by atoms with Gasteiger partial charge in [0.1, 0.15) is 5.75 Å². The van der Waals surface area contributed by atoms with Gasteiger partial charge in [0.15, 0.2) is 13.2 Å². The molecule has 2 amide bonds. The van der Waals surface area contributed by atoms with Gasteiger partial charge >= 0.3 is 5.97 Å². The highest BCUT2D eigenvalue weighted by atomic mass is 35.5. The van der Waals surface area contributed by atoms with E-state index in [1.165, 1.54) is 0 Å². The summed E-state index contributed by atoms with van der Waals surface area (Å²) >= 11 is 5.74. The average molecular weight is 367 g/mol. The maximum Gasteiger partial charge on any atom is 0.306 e. The fraction of sp³-hybridized carbons (Fsp3) is 0.353. The Bertz CT molecular complexity index is 645. The van der Waals surface area contributed by atoms with E-state index in [0.717, 1.165) is 12.8 Å². The number of carbonyl (C=O) groups is 3. The molecule has 0 radical (unpaired) electrons. The van der Waals surface area contributed by atoms with Crippen molar-refractivity contribution < 1.29 is 23.9 Å². The van der Waals surface area contributed by atoms with Crippen LogP contribution in [0.5, 0.6) is 5.75 Å². The number of allylic oxidation sites excluding steroid dienone is 2. The zero-order valence-corrected chi connectivity index (χ0v) is 14.3. The number of halogens is 1. The molecule has 8 heteroatoms. The van der Waals surface area contributed by atoms with Gasteiger partial charge < -0.3 is 9.47 Å². The molecule has 2 N–H and O–H groups in total. The first kappa shape index (κ1) is 18.8. The number of carbonyl (C=O) groups excluding carboxylic acids is 3. The molecule has 1 atom stereocenters. The van der Waals surface area contributed by atoms with Crippen LogP contribution in [0.25, 0.3) is 0 Å². The molecule has 0 unspecified atom stereocenters. The molecule has 1 aliphatic carbocycles. The minimum Gasteiger partial charge on any atom is -0.484 e. The fourth-order valence-electron chi connectivity index (χ4n) is 2.18. The summed E-state index contributed by atoms with van der Waals surface area (Å²) in [5, 5.41) is 0.558. The van der Waals surface area contributed by atoms with Crippen molar-refractivity contribution >= 4 is 29.4 Å². The number of ether oxygens (including phenoxy) is 2. The van der Waals surface area contributed by atoms with E-state index in [0.29, 0.717) is 10.8 Å². The lowest BCUT2D eigenvalue weighted by Crippen LogP contribution is -2.45. The minimum atomic E-state index is -0.629. The van der Waals surface area contributed by atoms with Crippen LogP contribution in [0.15, 0.2) is 36.4 Å². The normalized spacial score (nSPS) is 15.5. The lowest BCUT2D eigenvalue weighted by atomic mass is 10.1. The van der Waals surface area contributed by atoms with Gasteiger partial charge in [0.25, 0.3) is 11.8 Å². The number of amides is 2. The van der Waals surface area contributed by atoms with Crippen LogP contribution in [-0.4, -0.2) is 31.0 Å². The molecule has 0 aromatic heterocycles. The SMILES string of the molecule is O=C(COC(=O)C[C@H]1C=CCC1)NNC(=O)COc1ccc(Cl)cc1. The Morgan fingerprint density at radius 2 is 1.76 bits per heavy atom. The first-order valence-electron chi connectivity index (χ1n) is 7.81. The Labute approximate surface area is 150 Å². The monoisotopic (exact) mass is 366 g/mol. The molecule has 0 heterocycles. The van der Waals surface area contributed by atoms with Crippen LogP contribution in [0.3, 0.4) is 0 Å². The third-order valence-electron chi connectivity index (χ3n) is 3.43. The predicted octanol–water partition coefficient (Wildman–Crippen LogP) is 1.77. The molecule has 0 spiro atoms. The Morgan fingerprint density at radius 1 is 1.08 bits per heavy atom. The van der Waals surface area contributed by atoms with E-state index < -0.39 is 24.4 Å². The van der Waals surface area contributed by atoms with Crippen molar-refractivity contribution in [1.82, 2.24) is 10.9 Å². The summed E-state index contributed by atoms with van der Waals surface area (Å²) in [7, 11) is 0. The van der Waals surface area contributed by atoms with Crippen LogP contribution < -0.4 is 15.6 Å². The van der Waals surface area contributed by atoms with Gasteiger partial charge in [0.2, 0.25) is 0 Å². The van der Waals surface area contributed by atoms with Gasteiger partial charge in [0.05, 0.1) is 6.42 Å². The smallest absolute Gasteiger partial charge is 0.306 e. The van der Waals surface area contributed by atoms with Crippen LogP contribution in [0.4, 0.5) is 0 Å². The lowest BCUT2D eigenvalue weighted by Gasteiger charge is -2.10. The maximum absolute atomic E-state index is 11.6. The van der Waals surface area contributed by atoms with Gasteiger partial charge in [-0.05, 0) is 43.0 Å². The summed E-state index contributed by atoms with van der Waals surface area (Å²) in [6.45, 7) is -0.733.